The number of nitrogens with one attached hydrogen (secondary N) is 1. The van der Waals surface area contributed by atoms with Crippen molar-refractivity contribution in [3.05, 3.63) is 59.5 Å². The van der Waals surface area contributed by atoms with Crippen molar-refractivity contribution >= 4 is 0 Å². The van der Waals surface area contributed by atoms with Gasteiger partial charge in [-0.1, -0.05) is 30.3 Å². The van der Waals surface area contributed by atoms with Gasteiger partial charge < -0.3 is 9.73 Å². The fraction of sp³-hybridized carbons (Fsp3) is 0.412. The zero-order valence-electron chi connectivity index (χ0n) is 11.3. The fourth-order valence-electron chi connectivity index (χ4n) is 2.91. The highest BCUT2D eigenvalue weighted by Gasteiger charge is 2.21. The van der Waals surface area contributed by atoms with Crippen molar-refractivity contribution in [2.24, 2.45) is 0 Å². The van der Waals surface area contributed by atoms with Crippen LogP contribution in [0, 0.1) is 0 Å². The van der Waals surface area contributed by atoms with Crippen LogP contribution in [0.25, 0.3) is 0 Å². The number of furan rings is 1. The van der Waals surface area contributed by atoms with E-state index in [2.05, 4.69) is 41.7 Å². The number of hydrogen-bond donors (Lipinski definition) is 1. The quantitative estimate of drug-likeness (QED) is 0.820. The first-order valence-corrected chi connectivity index (χ1v) is 7.27. The highest BCUT2D eigenvalue weighted by molar-refractivity contribution is 5.24. The van der Waals surface area contributed by atoms with Crippen LogP contribution in [0.1, 0.15) is 42.2 Å². The number of aryl methyl sites for hydroxylation is 2. The molecule has 2 aromatic rings. The molecule has 2 nitrogen and oxygen atoms in total. The van der Waals surface area contributed by atoms with E-state index in [9.17, 15) is 0 Å². The Morgan fingerprint density at radius 2 is 2.05 bits per heavy atom. The van der Waals surface area contributed by atoms with E-state index in [4.69, 9.17) is 4.42 Å². The van der Waals surface area contributed by atoms with Crippen molar-refractivity contribution in [1.82, 2.24) is 5.32 Å². The molecule has 19 heavy (non-hydrogen) atoms. The number of fused-ring (bicyclic) bond motifs is 1. The van der Waals surface area contributed by atoms with Crippen LogP contribution in [0.3, 0.4) is 0 Å². The summed E-state index contributed by atoms with van der Waals surface area (Å²) in [6.07, 6.45) is 7.74. The van der Waals surface area contributed by atoms with Crippen LogP contribution < -0.4 is 5.32 Å². The third kappa shape index (κ3) is 3.07. The second-order valence-electron chi connectivity index (χ2n) is 5.29. The maximum absolute atomic E-state index is 5.52. The third-order valence-corrected chi connectivity index (χ3v) is 3.93. The van der Waals surface area contributed by atoms with Gasteiger partial charge in [0.25, 0.3) is 0 Å². The Bertz CT molecular complexity index is 503. The van der Waals surface area contributed by atoms with Gasteiger partial charge in [-0.05, 0) is 43.9 Å². The van der Waals surface area contributed by atoms with E-state index in [1.807, 2.05) is 6.26 Å². The maximum Gasteiger partial charge on any atom is 0.108 e. The number of benzene rings is 1. The summed E-state index contributed by atoms with van der Waals surface area (Å²) in [7, 11) is 0. The Morgan fingerprint density at radius 1 is 1.16 bits per heavy atom. The van der Waals surface area contributed by atoms with Crippen LogP contribution in [-0.2, 0) is 12.8 Å². The fourth-order valence-corrected chi connectivity index (χ4v) is 2.91. The first-order chi connectivity index (χ1) is 9.43. The lowest BCUT2D eigenvalue weighted by Gasteiger charge is -2.22. The van der Waals surface area contributed by atoms with Crippen LogP contribution in [0.4, 0.5) is 0 Å². The molecule has 0 saturated carbocycles. The molecule has 1 aromatic heterocycles. The van der Waals surface area contributed by atoms with E-state index < -0.39 is 0 Å². The minimum Gasteiger partial charge on any atom is -0.469 e. The van der Waals surface area contributed by atoms with Crippen molar-refractivity contribution in [3.8, 4) is 0 Å². The molecule has 100 valence electrons. The molecule has 1 unspecified atom stereocenters. The first-order valence-electron chi connectivity index (χ1n) is 7.27. The van der Waals surface area contributed by atoms with Crippen LogP contribution in [-0.4, -0.2) is 6.54 Å². The molecule has 1 aliphatic carbocycles. The van der Waals surface area contributed by atoms with E-state index in [0.717, 1.165) is 19.4 Å². The Morgan fingerprint density at radius 3 is 2.95 bits per heavy atom. The molecule has 0 amide bonds. The van der Waals surface area contributed by atoms with E-state index in [1.54, 1.807) is 0 Å². The maximum atomic E-state index is 5.52. The van der Waals surface area contributed by atoms with Gasteiger partial charge in [-0.25, -0.2) is 0 Å². The molecule has 0 spiro atoms. The minimum atomic E-state index is 0.498. The van der Waals surface area contributed by atoms with Crippen LogP contribution in [0.5, 0.6) is 0 Å². The van der Waals surface area contributed by atoms with Crippen molar-refractivity contribution in [2.75, 3.05) is 6.54 Å². The molecule has 1 aromatic carbocycles. The lowest BCUT2D eigenvalue weighted by molar-refractivity contribution is 0.410. The molecule has 0 radical (unpaired) electrons. The zero-order valence-corrected chi connectivity index (χ0v) is 11.3. The lowest BCUT2D eigenvalue weighted by Crippen LogP contribution is -2.25. The topological polar surface area (TPSA) is 25.2 Å². The molecule has 1 heterocycles. The smallest absolute Gasteiger partial charge is 0.108 e. The molecule has 0 fully saturated rings. The lowest BCUT2D eigenvalue weighted by atomic mass is 9.93. The van der Waals surface area contributed by atoms with Crippen molar-refractivity contribution in [3.63, 3.8) is 0 Å². The van der Waals surface area contributed by atoms with E-state index >= 15 is 0 Å². The molecular weight excluding hydrogens is 234 g/mol. The molecule has 0 aliphatic heterocycles. The average Bonchev–Trinajstić information content (AvgIpc) is 2.94. The van der Waals surface area contributed by atoms with Gasteiger partial charge in [-0.3, -0.25) is 0 Å². The number of hydrogen-bond acceptors (Lipinski definition) is 2. The molecule has 0 bridgehead atoms. The van der Waals surface area contributed by atoms with Crippen molar-refractivity contribution in [2.45, 2.75) is 38.1 Å². The Labute approximate surface area is 114 Å². The molecule has 3 rings (SSSR count). The van der Waals surface area contributed by atoms with Gasteiger partial charge in [-0.15, -0.1) is 0 Å². The third-order valence-electron chi connectivity index (χ3n) is 3.93. The standard InChI is InChI=1S/C17H21NO/c1-2-6-14(7-3-1)8-5-12-18-16-9-4-10-17-15(16)11-13-19-17/h1-3,6-7,11,13,16,18H,4-5,8-10,12H2. The van der Waals surface area contributed by atoms with Gasteiger partial charge in [0.15, 0.2) is 0 Å². The van der Waals surface area contributed by atoms with E-state index in [-0.39, 0.29) is 0 Å². The summed E-state index contributed by atoms with van der Waals surface area (Å²) >= 11 is 0. The minimum absolute atomic E-state index is 0.498. The molecule has 0 saturated heterocycles. The summed E-state index contributed by atoms with van der Waals surface area (Å²) in [5.74, 6) is 1.19. The monoisotopic (exact) mass is 255 g/mol. The summed E-state index contributed by atoms with van der Waals surface area (Å²) in [6, 6.07) is 13.3. The summed E-state index contributed by atoms with van der Waals surface area (Å²) in [4.78, 5) is 0. The molecule has 2 heteroatoms. The summed E-state index contributed by atoms with van der Waals surface area (Å²) in [5.41, 5.74) is 2.81. The Balaban J connectivity index is 1.46. The Hall–Kier alpha value is -1.54. The average molecular weight is 255 g/mol. The van der Waals surface area contributed by atoms with Crippen molar-refractivity contribution < 1.29 is 4.42 Å². The van der Waals surface area contributed by atoms with Crippen LogP contribution in [0.15, 0.2) is 47.1 Å². The van der Waals surface area contributed by atoms with Crippen LogP contribution in [0.2, 0.25) is 0 Å². The summed E-state index contributed by atoms with van der Waals surface area (Å²) in [6.45, 7) is 1.07. The molecule has 1 atom stereocenters. The predicted octanol–water partition coefficient (Wildman–Crippen LogP) is 3.88. The van der Waals surface area contributed by atoms with Crippen molar-refractivity contribution in [1.29, 1.82) is 0 Å². The second kappa shape index (κ2) is 6.07. The first kappa shape index (κ1) is 12.5. The second-order valence-corrected chi connectivity index (χ2v) is 5.29. The Kier molecular flexibility index (Phi) is 3.99. The normalized spacial score (nSPS) is 18.2. The summed E-state index contributed by atoms with van der Waals surface area (Å²) in [5, 5.41) is 3.67. The predicted molar refractivity (Wildman–Crippen MR) is 77.2 cm³/mol. The highest BCUT2D eigenvalue weighted by Crippen LogP contribution is 2.30. The van der Waals surface area contributed by atoms with Gasteiger partial charge in [0, 0.05) is 18.0 Å². The van der Waals surface area contributed by atoms with Gasteiger partial charge in [0.05, 0.1) is 6.26 Å². The molecular formula is C17H21NO. The molecule has 1 aliphatic rings. The van der Waals surface area contributed by atoms with Gasteiger partial charge in [0.2, 0.25) is 0 Å². The summed E-state index contributed by atoms with van der Waals surface area (Å²) < 4.78 is 5.52. The van der Waals surface area contributed by atoms with Gasteiger partial charge in [-0.2, -0.15) is 0 Å². The van der Waals surface area contributed by atoms with E-state index in [0.29, 0.717) is 6.04 Å². The SMILES string of the molecule is c1ccc(CCCNC2CCCc3occc32)cc1. The molecule has 1 N–H and O–H groups in total. The van der Waals surface area contributed by atoms with Crippen LogP contribution >= 0.6 is 0 Å². The highest BCUT2D eigenvalue weighted by atomic mass is 16.3. The van der Waals surface area contributed by atoms with E-state index in [1.165, 1.54) is 36.1 Å². The van der Waals surface area contributed by atoms with Gasteiger partial charge in [0.1, 0.15) is 5.76 Å². The zero-order chi connectivity index (χ0) is 12.9. The van der Waals surface area contributed by atoms with Gasteiger partial charge >= 0.3 is 0 Å². The largest absolute Gasteiger partial charge is 0.469 e. The number of rotatable bonds is 5.